The maximum Gasteiger partial charge on any atom is 0.326 e. The number of hydrogen-bond donors (Lipinski definition) is 0. The molecule has 0 aliphatic rings. The predicted octanol–water partition coefficient (Wildman–Crippen LogP) is 3.58. The topological polar surface area (TPSA) is 113 Å². The molecule has 0 radical (unpaired) electrons. The first-order chi connectivity index (χ1) is 14.3. The number of nitrogens with zero attached hydrogens (tertiary/aromatic N) is 3. The Hall–Kier alpha value is -3.24. The normalized spacial score (nSPS) is 11.5. The van der Waals surface area contributed by atoms with Crippen LogP contribution >= 0.6 is 22.9 Å². The van der Waals surface area contributed by atoms with E-state index in [0.717, 1.165) is 17.4 Å². The number of aromatic nitrogens is 1. The lowest BCUT2D eigenvalue weighted by Crippen LogP contribution is -2.23. The standard InChI is InChI=1S/C19H16ClN3O6S/c1-3-29-16(24)10-22-17-14(28-2)5-4-6-15(17)30-19(22)21-18(25)12-9-11(20)7-8-13(12)23(26)27/h4-9H,3,10H2,1-2H3. The Labute approximate surface area is 179 Å². The van der Waals surface area contributed by atoms with Gasteiger partial charge >= 0.3 is 5.97 Å². The first-order valence-electron chi connectivity index (χ1n) is 8.70. The smallest absolute Gasteiger partial charge is 0.326 e. The number of thiazole rings is 1. The van der Waals surface area contributed by atoms with Crippen molar-refractivity contribution in [3.8, 4) is 5.75 Å². The number of nitro groups is 1. The highest BCUT2D eigenvalue weighted by molar-refractivity contribution is 7.16. The Morgan fingerprint density at radius 1 is 1.30 bits per heavy atom. The number of nitro benzene ring substituents is 1. The Morgan fingerprint density at radius 2 is 2.07 bits per heavy atom. The summed E-state index contributed by atoms with van der Waals surface area (Å²) in [4.78, 5) is 39.8. The number of rotatable bonds is 6. The van der Waals surface area contributed by atoms with Crippen molar-refractivity contribution in [1.82, 2.24) is 4.57 Å². The number of esters is 1. The molecule has 3 aromatic rings. The van der Waals surface area contributed by atoms with E-state index < -0.39 is 22.5 Å². The molecule has 3 rings (SSSR count). The van der Waals surface area contributed by atoms with Crippen LogP contribution in [0.2, 0.25) is 5.02 Å². The van der Waals surface area contributed by atoms with Crippen molar-refractivity contribution in [2.24, 2.45) is 4.99 Å². The fourth-order valence-electron chi connectivity index (χ4n) is 2.82. The van der Waals surface area contributed by atoms with Gasteiger partial charge < -0.3 is 14.0 Å². The Bertz CT molecular complexity index is 1220. The molecule has 2 aromatic carbocycles. The second-order valence-electron chi connectivity index (χ2n) is 5.92. The number of benzene rings is 2. The SMILES string of the molecule is CCOC(=O)Cn1c(=NC(=O)c2cc(Cl)ccc2[N+](=O)[O-])sc2cccc(OC)c21. The van der Waals surface area contributed by atoms with Crippen molar-refractivity contribution >= 4 is 50.7 Å². The molecule has 0 spiro atoms. The van der Waals surface area contributed by atoms with Crippen LogP contribution in [0.15, 0.2) is 41.4 Å². The molecule has 156 valence electrons. The number of halogens is 1. The molecular weight excluding hydrogens is 434 g/mol. The summed E-state index contributed by atoms with van der Waals surface area (Å²) in [6.07, 6.45) is 0. The zero-order chi connectivity index (χ0) is 21.8. The van der Waals surface area contributed by atoms with Gasteiger partial charge in [-0.2, -0.15) is 4.99 Å². The molecule has 0 unspecified atom stereocenters. The monoisotopic (exact) mass is 449 g/mol. The Morgan fingerprint density at radius 3 is 2.73 bits per heavy atom. The number of carbonyl (C=O) groups excluding carboxylic acids is 2. The lowest BCUT2D eigenvalue weighted by atomic mass is 10.2. The van der Waals surface area contributed by atoms with Gasteiger partial charge in [-0.05, 0) is 31.2 Å². The third-order valence-corrected chi connectivity index (χ3v) is 5.34. The van der Waals surface area contributed by atoms with Crippen molar-refractivity contribution in [2.45, 2.75) is 13.5 Å². The van der Waals surface area contributed by atoms with Crippen molar-refractivity contribution in [1.29, 1.82) is 0 Å². The van der Waals surface area contributed by atoms with Crippen LogP contribution in [0, 0.1) is 10.1 Å². The van der Waals surface area contributed by atoms with Crippen molar-refractivity contribution < 1.29 is 24.0 Å². The van der Waals surface area contributed by atoms with Gasteiger partial charge in [-0.25, -0.2) is 0 Å². The summed E-state index contributed by atoms with van der Waals surface area (Å²) in [6, 6.07) is 8.92. The molecular formula is C19H16ClN3O6S. The summed E-state index contributed by atoms with van der Waals surface area (Å²) in [5.74, 6) is -0.895. The van der Waals surface area contributed by atoms with E-state index in [9.17, 15) is 19.7 Å². The number of methoxy groups -OCH3 is 1. The van der Waals surface area contributed by atoms with E-state index >= 15 is 0 Å². The summed E-state index contributed by atoms with van der Waals surface area (Å²) in [5.41, 5.74) is -0.103. The largest absolute Gasteiger partial charge is 0.495 e. The summed E-state index contributed by atoms with van der Waals surface area (Å²) in [5, 5.41) is 11.5. The number of ether oxygens (including phenoxy) is 2. The molecule has 0 N–H and O–H groups in total. The zero-order valence-electron chi connectivity index (χ0n) is 16.0. The lowest BCUT2D eigenvalue weighted by molar-refractivity contribution is -0.385. The molecule has 30 heavy (non-hydrogen) atoms. The number of para-hydroxylation sites is 1. The van der Waals surface area contributed by atoms with Crippen LogP contribution in [-0.2, 0) is 16.1 Å². The number of carbonyl (C=O) groups is 2. The van der Waals surface area contributed by atoms with Crippen LogP contribution in [0.3, 0.4) is 0 Å². The van der Waals surface area contributed by atoms with Crippen LogP contribution in [0.5, 0.6) is 5.75 Å². The molecule has 11 heteroatoms. The van der Waals surface area contributed by atoms with E-state index in [1.54, 1.807) is 25.1 Å². The second kappa shape index (κ2) is 9.06. The highest BCUT2D eigenvalue weighted by Crippen LogP contribution is 2.28. The predicted molar refractivity (Wildman–Crippen MR) is 111 cm³/mol. The van der Waals surface area contributed by atoms with Crippen LogP contribution in [0.1, 0.15) is 17.3 Å². The number of amides is 1. The first kappa shape index (κ1) is 21.5. The number of hydrogen-bond acceptors (Lipinski definition) is 7. The van der Waals surface area contributed by atoms with Gasteiger partial charge in [0.25, 0.3) is 11.6 Å². The fourth-order valence-corrected chi connectivity index (χ4v) is 4.03. The van der Waals surface area contributed by atoms with E-state index in [4.69, 9.17) is 21.1 Å². The fraction of sp³-hybridized carbons (Fsp3) is 0.211. The van der Waals surface area contributed by atoms with E-state index in [-0.39, 0.29) is 28.5 Å². The summed E-state index contributed by atoms with van der Waals surface area (Å²) < 4.78 is 12.6. The van der Waals surface area contributed by atoms with Crippen molar-refractivity contribution in [3.05, 3.63) is 61.9 Å². The third-order valence-electron chi connectivity index (χ3n) is 4.06. The van der Waals surface area contributed by atoms with Gasteiger partial charge in [-0.1, -0.05) is 29.0 Å². The molecule has 9 nitrogen and oxygen atoms in total. The minimum absolute atomic E-state index is 0.163. The van der Waals surface area contributed by atoms with Gasteiger partial charge in [0.05, 0.1) is 23.3 Å². The molecule has 0 aliphatic heterocycles. The molecule has 0 fully saturated rings. The molecule has 1 heterocycles. The van der Waals surface area contributed by atoms with E-state index in [2.05, 4.69) is 4.99 Å². The molecule has 1 amide bonds. The summed E-state index contributed by atoms with van der Waals surface area (Å²) in [7, 11) is 1.48. The average Bonchev–Trinajstić information content (AvgIpc) is 3.04. The van der Waals surface area contributed by atoms with Crippen LogP contribution in [0.4, 0.5) is 5.69 Å². The minimum atomic E-state index is -0.854. The van der Waals surface area contributed by atoms with E-state index in [1.807, 2.05) is 0 Å². The van der Waals surface area contributed by atoms with Gasteiger partial charge in [0.1, 0.15) is 23.4 Å². The lowest BCUT2D eigenvalue weighted by Gasteiger charge is -2.08. The second-order valence-corrected chi connectivity index (χ2v) is 7.36. The molecule has 0 saturated heterocycles. The maximum absolute atomic E-state index is 12.8. The van der Waals surface area contributed by atoms with Gasteiger partial charge in [0, 0.05) is 11.1 Å². The molecule has 1 aromatic heterocycles. The number of fused-ring (bicyclic) bond motifs is 1. The van der Waals surface area contributed by atoms with Gasteiger partial charge in [0.15, 0.2) is 4.80 Å². The van der Waals surface area contributed by atoms with Gasteiger partial charge in [-0.15, -0.1) is 0 Å². The van der Waals surface area contributed by atoms with Crippen LogP contribution in [0.25, 0.3) is 10.2 Å². The van der Waals surface area contributed by atoms with E-state index in [0.29, 0.717) is 16.0 Å². The molecule has 0 aliphatic carbocycles. The highest BCUT2D eigenvalue weighted by atomic mass is 35.5. The van der Waals surface area contributed by atoms with Crippen molar-refractivity contribution in [3.63, 3.8) is 0 Å². The van der Waals surface area contributed by atoms with E-state index in [1.165, 1.54) is 23.8 Å². The average molecular weight is 450 g/mol. The first-order valence-corrected chi connectivity index (χ1v) is 9.90. The Kier molecular flexibility index (Phi) is 6.48. The van der Waals surface area contributed by atoms with Crippen LogP contribution in [-0.4, -0.2) is 35.1 Å². The summed E-state index contributed by atoms with van der Waals surface area (Å²) >= 11 is 7.05. The van der Waals surface area contributed by atoms with Crippen molar-refractivity contribution in [2.75, 3.05) is 13.7 Å². The minimum Gasteiger partial charge on any atom is -0.495 e. The molecule has 0 saturated carbocycles. The third kappa shape index (κ3) is 4.34. The zero-order valence-corrected chi connectivity index (χ0v) is 17.5. The molecule has 0 bridgehead atoms. The highest BCUT2D eigenvalue weighted by Gasteiger charge is 2.21. The summed E-state index contributed by atoms with van der Waals surface area (Å²) in [6.45, 7) is 1.67. The Balaban J connectivity index is 2.21. The maximum atomic E-state index is 12.8. The molecule has 0 atom stereocenters. The van der Waals surface area contributed by atoms with Gasteiger partial charge in [0.2, 0.25) is 0 Å². The van der Waals surface area contributed by atoms with Crippen LogP contribution < -0.4 is 9.54 Å². The van der Waals surface area contributed by atoms with Gasteiger partial charge in [-0.3, -0.25) is 19.7 Å². The quantitative estimate of drug-likeness (QED) is 0.323.